The predicted molar refractivity (Wildman–Crippen MR) is 108 cm³/mol. The van der Waals surface area contributed by atoms with Crippen LogP contribution < -0.4 is 4.90 Å². The third-order valence-electron chi connectivity index (χ3n) is 5.09. The van der Waals surface area contributed by atoms with Crippen molar-refractivity contribution < 1.29 is 4.79 Å². The van der Waals surface area contributed by atoms with E-state index in [1.54, 1.807) is 0 Å². The number of carbonyl (C=O) groups excluding carboxylic acids is 1. The number of hydrogen-bond donors (Lipinski definition) is 1. The van der Waals surface area contributed by atoms with Gasteiger partial charge in [0.15, 0.2) is 0 Å². The van der Waals surface area contributed by atoms with Gasteiger partial charge in [0, 0.05) is 37.4 Å². The quantitative estimate of drug-likeness (QED) is 0.776. The first-order chi connectivity index (χ1) is 13.1. The van der Waals surface area contributed by atoms with Crippen LogP contribution >= 0.6 is 0 Å². The van der Waals surface area contributed by atoms with Crippen LogP contribution in [-0.2, 0) is 0 Å². The van der Waals surface area contributed by atoms with Crippen LogP contribution in [0.5, 0.6) is 0 Å². The molecule has 0 unspecified atom stereocenters. The molecule has 0 spiro atoms. The third kappa shape index (κ3) is 3.72. The van der Waals surface area contributed by atoms with Crippen molar-refractivity contribution in [2.75, 3.05) is 31.1 Å². The molecule has 1 aliphatic heterocycles. The lowest BCUT2D eigenvalue weighted by atomic mass is 10.1. The molecule has 1 aliphatic rings. The van der Waals surface area contributed by atoms with Crippen molar-refractivity contribution >= 4 is 11.6 Å². The van der Waals surface area contributed by atoms with Crippen LogP contribution in [0.15, 0.2) is 54.6 Å². The largest absolute Gasteiger partial charge is 0.368 e. The van der Waals surface area contributed by atoms with Crippen molar-refractivity contribution in [3.63, 3.8) is 0 Å². The molecule has 1 N–H and O–H groups in total. The lowest BCUT2D eigenvalue weighted by Crippen LogP contribution is -2.48. The predicted octanol–water partition coefficient (Wildman–Crippen LogP) is 3.66. The number of aromatic nitrogens is 2. The molecule has 5 heteroatoms. The van der Waals surface area contributed by atoms with Gasteiger partial charge in [-0.1, -0.05) is 42.0 Å². The summed E-state index contributed by atoms with van der Waals surface area (Å²) in [6.45, 7) is 7.27. The van der Waals surface area contributed by atoms with Crippen molar-refractivity contribution in [2.24, 2.45) is 0 Å². The number of rotatable bonds is 3. The average molecular weight is 360 g/mol. The molecule has 138 valence electrons. The average Bonchev–Trinajstić information content (AvgIpc) is 3.18. The van der Waals surface area contributed by atoms with E-state index in [2.05, 4.69) is 65.3 Å². The van der Waals surface area contributed by atoms with Crippen LogP contribution in [0, 0.1) is 13.8 Å². The van der Waals surface area contributed by atoms with E-state index >= 15 is 0 Å². The highest BCUT2D eigenvalue weighted by molar-refractivity contribution is 5.93. The molecule has 0 aliphatic carbocycles. The smallest absolute Gasteiger partial charge is 0.272 e. The standard InChI is InChI=1S/C22H24N4O/c1-16-6-8-18(9-7-16)20-15-21(24-23-20)22(27)26-12-10-25(11-13-26)19-5-3-4-17(2)14-19/h3-9,14-15H,10-13H2,1-2H3,(H,23,24). The van der Waals surface area contributed by atoms with E-state index in [4.69, 9.17) is 0 Å². The Balaban J connectivity index is 1.42. The minimum absolute atomic E-state index is 0.0183. The highest BCUT2D eigenvalue weighted by atomic mass is 16.2. The van der Waals surface area contributed by atoms with Gasteiger partial charge in [-0.3, -0.25) is 9.89 Å². The summed E-state index contributed by atoms with van der Waals surface area (Å²) in [6.07, 6.45) is 0. The van der Waals surface area contributed by atoms with Gasteiger partial charge in [-0.05, 0) is 37.6 Å². The summed E-state index contributed by atoms with van der Waals surface area (Å²) in [5, 5.41) is 7.23. The Kier molecular flexibility index (Phi) is 4.67. The van der Waals surface area contributed by atoms with Crippen LogP contribution in [-0.4, -0.2) is 47.2 Å². The maximum atomic E-state index is 12.8. The van der Waals surface area contributed by atoms with Crippen LogP contribution in [0.3, 0.4) is 0 Å². The molecule has 4 rings (SSSR count). The van der Waals surface area contributed by atoms with Gasteiger partial charge in [0.2, 0.25) is 0 Å². The van der Waals surface area contributed by atoms with E-state index in [1.807, 2.05) is 23.1 Å². The van der Waals surface area contributed by atoms with Crippen molar-refractivity contribution in [1.29, 1.82) is 0 Å². The summed E-state index contributed by atoms with van der Waals surface area (Å²) in [7, 11) is 0. The summed E-state index contributed by atoms with van der Waals surface area (Å²) in [5.74, 6) is 0.0183. The molecule has 0 atom stereocenters. The fourth-order valence-electron chi connectivity index (χ4n) is 3.47. The number of hydrogen-bond acceptors (Lipinski definition) is 3. The molecule has 3 aromatic rings. The Morgan fingerprint density at radius 3 is 2.37 bits per heavy atom. The zero-order valence-corrected chi connectivity index (χ0v) is 15.8. The van der Waals surface area contributed by atoms with E-state index in [9.17, 15) is 4.79 Å². The first-order valence-electron chi connectivity index (χ1n) is 9.33. The Hall–Kier alpha value is -3.08. The van der Waals surface area contributed by atoms with Gasteiger partial charge in [-0.25, -0.2) is 0 Å². The number of aromatic amines is 1. The van der Waals surface area contributed by atoms with Crippen molar-refractivity contribution in [2.45, 2.75) is 13.8 Å². The van der Waals surface area contributed by atoms with Crippen molar-refractivity contribution in [1.82, 2.24) is 15.1 Å². The Morgan fingerprint density at radius 1 is 0.926 bits per heavy atom. The van der Waals surface area contributed by atoms with Crippen LogP contribution in [0.2, 0.25) is 0 Å². The Morgan fingerprint density at radius 2 is 1.67 bits per heavy atom. The third-order valence-corrected chi connectivity index (χ3v) is 5.09. The summed E-state index contributed by atoms with van der Waals surface area (Å²) in [6, 6.07) is 18.5. The van der Waals surface area contributed by atoms with E-state index in [0.29, 0.717) is 18.8 Å². The fraction of sp³-hybridized carbons (Fsp3) is 0.273. The number of nitrogens with zero attached hydrogens (tertiary/aromatic N) is 3. The van der Waals surface area contributed by atoms with Crippen LogP contribution in [0.25, 0.3) is 11.3 Å². The minimum atomic E-state index is 0.0183. The van der Waals surface area contributed by atoms with Crippen LogP contribution in [0.4, 0.5) is 5.69 Å². The number of nitrogens with one attached hydrogen (secondary N) is 1. The molecule has 1 fully saturated rings. The summed E-state index contributed by atoms with van der Waals surface area (Å²) >= 11 is 0. The Labute approximate surface area is 159 Å². The maximum absolute atomic E-state index is 12.8. The SMILES string of the molecule is Cc1ccc(-c2cc(C(=O)N3CCN(c4cccc(C)c4)CC3)[nH]n2)cc1. The molecule has 2 aromatic carbocycles. The van der Waals surface area contributed by atoms with Gasteiger partial charge in [-0.15, -0.1) is 0 Å². The summed E-state index contributed by atoms with van der Waals surface area (Å²) in [5.41, 5.74) is 6.06. The van der Waals surface area contributed by atoms with Crippen molar-refractivity contribution in [3.05, 3.63) is 71.4 Å². The Bertz CT molecular complexity index is 937. The molecule has 1 amide bonds. The lowest BCUT2D eigenvalue weighted by molar-refractivity contribution is 0.0741. The van der Waals surface area contributed by atoms with E-state index in [1.165, 1.54) is 16.8 Å². The number of benzene rings is 2. The van der Waals surface area contributed by atoms with Gasteiger partial charge < -0.3 is 9.80 Å². The number of amides is 1. The van der Waals surface area contributed by atoms with Gasteiger partial charge in [0.05, 0.1) is 5.69 Å². The topological polar surface area (TPSA) is 52.2 Å². The molecule has 0 saturated carbocycles. The molecule has 1 aromatic heterocycles. The van der Waals surface area contributed by atoms with Crippen molar-refractivity contribution in [3.8, 4) is 11.3 Å². The number of H-pyrrole nitrogens is 1. The number of anilines is 1. The lowest BCUT2D eigenvalue weighted by Gasteiger charge is -2.36. The van der Waals surface area contributed by atoms with Gasteiger partial charge in [0.1, 0.15) is 5.69 Å². The zero-order chi connectivity index (χ0) is 18.8. The number of aryl methyl sites for hydroxylation is 2. The number of piperazine rings is 1. The second-order valence-corrected chi connectivity index (χ2v) is 7.15. The van der Waals surface area contributed by atoms with Gasteiger partial charge >= 0.3 is 0 Å². The van der Waals surface area contributed by atoms with Crippen LogP contribution in [0.1, 0.15) is 21.6 Å². The molecular formula is C22H24N4O. The zero-order valence-electron chi connectivity index (χ0n) is 15.8. The van der Waals surface area contributed by atoms with E-state index in [-0.39, 0.29) is 5.91 Å². The summed E-state index contributed by atoms with van der Waals surface area (Å²) in [4.78, 5) is 17.1. The molecule has 27 heavy (non-hydrogen) atoms. The molecule has 2 heterocycles. The maximum Gasteiger partial charge on any atom is 0.272 e. The fourth-order valence-corrected chi connectivity index (χ4v) is 3.47. The van der Waals surface area contributed by atoms with Gasteiger partial charge in [0.25, 0.3) is 5.91 Å². The summed E-state index contributed by atoms with van der Waals surface area (Å²) < 4.78 is 0. The highest BCUT2D eigenvalue weighted by Crippen LogP contribution is 2.21. The minimum Gasteiger partial charge on any atom is -0.368 e. The number of carbonyl (C=O) groups is 1. The first kappa shape index (κ1) is 17.3. The molecular weight excluding hydrogens is 336 g/mol. The molecule has 0 radical (unpaired) electrons. The van der Waals surface area contributed by atoms with E-state index < -0.39 is 0 Å². The second-order valence-electron chi connectivity index (χ2n) is 7.15. The van der Waals surface area contributed by atoms with E-state index in [0.717, 1.165) is 24.3 Å². The van der Waals surface area contributed by atoms with Gasteiger partial charge in [-0.2, -0.15) is 5.10 Å². The highest BCUT2D eigenvalue weighted by Gasteiger charge is 2.23. The monoisotopic (exact) mass is 360 g/mol. The molecule has 1 saturated heterocycles. The molecule has 0 bridgehead atoms. The normalized spacial score (nSPS) is 14.4. The second kappa shape index (κ2) is 7.27. The molecule has 5 nitrogen and oxygen atoms in total. The first-order valence-corrected chi connectivity index (χ1v) is 9.33.